The van der Waals surface area contributed by atoms with E-state index in [0.29, 0.717) is 4.90 Å². The lowest BCUT2D eigenvalue weighted by atomic mass is 10.5. The van der Waals surface area contributed by atoms with Gasteiger partial charge in [0.15, 0.2) is 0 Å². The first-order chi connectivity index (χ1) is 5.09. The van der Waals surface area contributed by atoms with Gasteiger partial charge in [-0.1, -0.05) is 23.2 Å². The van der Waals surface area contributed by atoms with Crippen LogP contribution in [0.2, 0.25) is 0 Å². The van der Waals surface area contributed by atoms with Gasteiger partial charge in [0.05, 0.1) is 0 Å². The van der Waals surface area contributed by atoms with Crippen LogP contribution in [0.5, 0.6) is 0 Å². The molecule has 0 atom stereocenters. The largest absolute Gasteiger partial charge is 0.280 e. The van der Waals surface area contributed by atoms with Crippen molar-refractivity contribution in [3.8, 4) is 0 Å². The number of halogens is 2. The number of hydrogen-bond donors (Lipinski definition) is 0. The summed E-state index contributed by atoms with van der Waals surface area (Å²) in [6.07, 6.45) is 0.0719. The van der Waals surface area contributed by atoms with Crippen LogP contribution in [0.3, 0.4) is 0 Å². The summed E-state index contributed by atoms with van der Waals surface area (Å²) in [7, 11) is 0. The van der Waals surface area contributed by atoms with Crippen molar-refractivity contribution in [2.24, 2.45) is 0 Å². The smallest absolute Gasteiger partial charge is 0.278 e. The molecule has 0 saturated heterocycles. The predicted octanol–water partition coefficient (Wildman–Crippen LogP) is 0.201. The first-order valence-electron chi connectivity index (χ1n) is 2.48. The molecule has 58 valence electrons. The Morgan fingerprint density at radius 1 is 1.09 bits per heavy atom. The molecule has 0 unspecified atom stereocenters. The first kappa shape index (κ1) is 8.23. The summed E-state index contributed by atoms with van der Waals surface area (Å²) in [5.41, 5.74) is 0. The fourth-order valence-electron chi connectivity index (χ4n) is 0.587. The minimum Gasteiger partial charge on any atom is -0.278 e. The molecule has 0 fully saturated rings. The van der Waals surface area contributed by atoms with Crippen LogP contribution >= 0.6 is 23.2 Å². The molecule has 0 radical (unpaired) electrons. The Hall–Kier alpha value is -0.870. The lowest BCUT2D eigenvalue weighted by molar-refractivity contribution is -0.142. The second-order valence-electron chi connectivity index (χ2n) is 1.71. The van der Waals surface area contributed by atoms with Crippen LogP contribution in [0.4, 0.5) is 0 Å². The van der Waals surface area contributed by atoms with Crippen molar-refractivity contribution < 1.29 is 14.4 Å². The molecule has 0 aromatic rings. The van der Waals surface area contributed by atoms with E-state index in [2.05, 4.69) is 0 Å². The third-order valence-electron chi connectivity index (χ3n) is 1.11. The van der Waals surface area contributed by atoms with Gasteiger partial charge in [-0.15, -0.1) is 0 Å². The molecule has 3 amide bonds. The van der Waals surface area contributed by atoms with Gasteiger partial charge in [0.1, 0.15) is 10.1 Å². The van der Waals surface area contributed by atoms with Crippen LogP contribution in [-0.2, 0) is 14.4 Å². The van der Waals surface area contributed by atoms with Crippen molar-refractivity contribution in [2.75, 3.05) is 0 Å². The van der Waals surface area contributed by atoms with E-state index in [4.69, 9.17) is 23.2 Å². The second kappa shape index (κ2) is 2.64. The highest BCUT2D eigenvalue weighted by Crippen LogP contribution is 2.24. The van der Waals surface area contributed by atoms with Gasteiger partial charge < -0.3 is 0 Å². The lowest BCUT2D eigenvalue weighted by Crippen LogP contribution is -2.29. The van der Waals surface area contributed by atoms with Gasteiger partial charge in [-0.2, -0.15) is 0 Å². The first-order valence-corrected chi connectivity index (χ1v) is 3.23. The molecule has 1 heterocycles. The maximum Gasteiger partial charge on any atom is 0.280 e. The van der Waals surface area contributed by atoms with Gasteiger partial charge in [0.2, 0.25) is 6.41 Å². The molecule has 0 aromatic heterocycles. The Morgan fingerprint density at radius 3 is 1.64 bits per heavy atom. The predicted molar refractivity (Wildman–Crippen MR) is 36.6 cm³/mol. The van der Waals surface area contributed by atoms with Gasteiger partial charge in [-0.25, -0.2) is 4.90 Å². The summed E-state index contributed by atoms with van der Waals surface area (Å²) in [6.45, 7) is 0. The number of imide groups is 3. The average Bonchev–Trinajstić information content (AvgIpc) is 2.17. The Morgan fingerprint density at radius 2 is 1.45 bits per heavy atom. The van der Waals surface area contributed by atoms with E-state index >= 15 is 0 Å². The van der Waals surface area contributed by atoms with Crippen LogP contribution in [0.25, 0.3) is 0 Å². The highest BCUT2D eigenvalue weighted by Gasteiger charge is 2.36. The van der Waals surface area contributed by atoms with E-state index in [1.54, 1.807) is 0 Å². The van der Waals surface area contributed by atoms with Crippen LogP contribution < -0.4 is 0 Å². The van der Waals surface area contributed by atoms with E-state index in [1.807, 2.05) is 0 Å². The van der Waals surface area contributed by atoms with E-state index in [0.717, 1.165) is 0 Å². The topological polar surface area (TPSA) is 54.5 Å². The summed E-state index contributed by atoms with van der Waals surface area (Å²) in [4.78, 5) is 31.9. The van der Waals surface area contributed by atoms with Crippen molar-refractivity contribution in [1.29, 1.82) is 0 Å². The zero-order valence-electron chi connectivity index (χ0n) is 5.01. The van der Waals surface area contributed by atoms with Crippen molar-refractivity contribution in [3.05, 3.63) is 10.1 Å². The van der Waals surface area contributed by atoms with Crippen molar-refractivity contribution >= 4 is 41.4 Å². The molecule has 0 saturated carbocycles. The van der Waals surface area contributed by atoms with Gasteiger partial charge in [-0.05, 0) is 0 Å². The van der Waals surface area contributed by atoms with Crippen molar-refractivity contribution in [3.63, 3.8) is 0 Å². The fourth-order valence-corrected chi connectivity index (χ4v) is 0.931. The highest BCUT2D eigenvalue weighted by molar-refractivity contribution is 6.59. The maximum absolute atomic E-state index is 10.8. The summed E-state index contributed by atoms with van der Waals surface area (Å²) in [5.74, 6) is -1.76. The molecule has 0 bridgehead atoms. The van der Waals surface area contributed by atoms with Gasteiger partial charge in [0, 0.05) is 0 Å². The molecule has 1 aliphatic heterocycles. The zero-order chi connectivity index (χ0) is 8.59. The third-order valence-corrected chi connectivity index (χ3v) is 1.91. The molecule has 1 rings (SSSR count). The maximum atomic E-state index is 10.8. The zero-order valence-corrected chi connectivity index (χ0v) is 6.52. The van der Waals surface area contributed by atoms with Gasteiger partial charge in [-0.3, -0.25) is 14.4 Å². The number of carbonyl (C=O) groups is 3. The summed E-state index contributed by atoms with van der Waals surface area (Å²) >= 11 is 10.5. The quantitative estimate of drug-likeness (QED) is 0.442. The Bertz CT molecular complexity index is 259. The second-order valence-corrected chi connectivity index (χ2v) is 2.47. The van der Waals surface area contributed by atoms with Gasteiger partial charge >= 0.3 is 0 Å². The van der Waals surface area contributed by atoms with Crippen molar-refractivity contribution in [2.45, 2.75) is 0 Å². The molecule has 4 nitrogen and oxygen atoms in total. The lowest BCUT2D eigenvalue weighted by Gasteiger charge is -2.00. The summed E-state index contributed by atoms with van der Waals surface area (Å²) < 4.78 is 0. The summed E-state index contributed by atoms with van der Waals surface area (Å²) in [6, 6.07) is 0. The number of amides is 3. The highest BCUT2D eigenvalue weighted by atomic mass is 35.5. The standard InChI is InChI=1S/C5HCl2NO3/c6-2-3(7)5(11)8(1-9)4(2)10/h1H. The van der Waals surface area contributed by atoms with Gasteiger partial charge in [0.25, 0.3) is 11.8 Å². The average molecular weight is 194 g/mol. The molecule has 0 aromatic carbocycles. The molecule has 0 spiro atoms. The fraction of sp³-hybridized carbons (Fsp3) is 0. The molecule has 0 aliphatic carbocycles. The molecular weight excluding hydrogens is 193 g/mol. The van der Waals surface area contributed by atoms with Crippen LogP contribution in [0, 0.1) is 0 Å². The van der Waals surface area contributed by atoms with Crippen LogP contribution in [0.15, 0.2) is 10.1 Å². The number of carbonyl (C=O) groups excluding carboxylic acids is 3. The SMILES string of the molecule is O=CN1C(=O)C(Cl)=C(Cl)C1=O. The number of nitrogens with zero attached hydrogens (tertiary/aromatic N) is 1. The molecular formula is C5HCl2NO3. The van der Waals surface area contributed by atoms with E-state index in [-0.39, 0.29) is 6.41 Å². The van der Waals surface area contributed by atoms with Crippen LogP contribution in [-0.4, -0.2) is 23.1 Å². The van der Waals surface area contributed by atoms with Crippen LogP contribution in [0.1, 0.15) is 0 Å². The Balaban J connectivity index is 3.11. The Labute approximate surface area is 71.4 Å². The van der Waals surface area contributed by atoms with Crippen molar-refractivity contribution in [1.82, 2.24) is 4.90 Å². The minimum absolute atomic E-state index is 0.0719. The molecule has 1 aliphatic rings. The minimum atomic E-state index is -0.878. The summed E-state index contributed by atoms with van der Waals surface area (Å²) in [5, 5.41) is -0.826. The number of hydrogen-bond acceptors (Lipinski definition) is 3. The van der Waals surface area contributed by atoms with E-state index < -0.39 is 21.9 Å². The monoisotopic (exact) mass is 193 g/mol. The third kappa shape index (κ3) is 1.04. The molecule has 11 heavy (non-hydrogen) atoms. The van der Waals surface area contributed by atoms with E-state index in [1.165, 1.54) is 0 Å². The molecule has 6 heteroatoms. The van der Waals surface area contributed by atoms with E-state index in [9.17, 15) is 14.4 Å². The molecule has 0 N–H and O–H groups in total. The number of rotatable bonds is 1. The Kier molecular flexibility index (Phi) is 1.97. The normalized spacial score (nSPS) is 18.2.